The first kappa shape index (κ1) is 20.3. The number of nitrogens with zero attached hydrogens (tertiary/aromatic N) is 1. The second kappa shape index (κ2) is 9.23. The molecule has 0 spiro atoms. The van der Waals surface area contributed by atoms with Gasteiger partial charge in [0.15, 0.2) is 0 Å². The van der Waals surface area contributed by atoms with E-state index < -0.39 is 5.91 Å². The largest absolute Gasteiger partial charge is 0.486 e. The van der Waals surface area contributed by atoms with Crippen LogP contribution in [0.3, 0.4) is 0 Å². The van der Waals surface area contributed by atoms with E-state index >= 15 is 0 Å². The molecular formula is C24H19N3O3S. The molecule has 31 heavy (non-hydrogen) atoms. The Morgan fingerprint density at radius 2 is 1.65 bits per heavy atom. The Kier molecular flexibility index (Phi) is 6.05. The van der Waals surface area contributed by atoms with Crippen LogP contribution in [0.2, 0.25) is 0 Å². The Balaban J connectivity index is 1.44. The molecule has 0 saturated carbocycles. The van der Waals surface area contributed by atoms with Crippen LogP contribution in [0.1, 0.15) is 26.4 Å². The first-order chi connectivity index (χ1) is 15.1. The number of nitrogens with two attached hydrogens (primary N) is 1. The van der Waals surface area contributed by atoms with Crippen LogP contribution >= 0.6 is 11.3 Å². The van der Waals surface area contributed by atoms with Crippen LogP contribution in [-0.2, 0) is 6.61 Å². The Hall–Kier alpha value is -3.97. The van der Waals surface area contributed by atoms with Crippen molar-refractivity contribution in [2.75, 3.05) is 5.32 Å². The second-order valence-electron chi connectivity index (χ2n) is 6.69. The lowest BCUT2D eigenvalue weighted by Crippen LogP contribution is -2.13. The number of thiazole rings is 1. The molecule has 0 atom stereocenters. The summed E-state index contributed by atoms with van der Waals surface area (Å²) in [6.07, 6.45) is 0. The number of carbonyl (C=O) groups excluding carboxylic acids is 2. The number of benzene rings is 3. The summed E-state index contributed by atoms with van der Waals surface area (Å²) in [5.74, 6) is -0.221. The smallest absolute Gasteiger partial charge is 0.259 e. The highest BCUT2D eigenvalue weighted by Crippen LogP contribution is 2.26. The molecule has 0 bridgehead atoms. The van der Waals surface area contributed by atoms with Crippen molar-refractivity contribution >= 4 is 28.8 Å². The summed E-state index contributed by atoms with van der Waals surface area (Å²) < 4.78 is 5.90. The molecule has 4 rings (SSSR count). The third-order valence-corrected chi connectivity index (χ3v) is 5.45. The number of hydrogen-bond acceptors (Lipinski definition) is 5. The van der Waals surface area contributed by atoms with Crippen LogP contribution in [-0.4, -0.2) is 16.8 Å². The second-order valence-corrected chi connectivity index (χ2v) is 7.55. The van der Waals surface area contributed by atoms with Crippen molar-refractivity contribution in [3.8, 4) is 16.3 Å². The number of rotatable bonds is 7. The van der Waals surface area contributed by atoms with Gasteiger partial charge in [-0.1, -0.05) is 42.5 Å². The van der Waals surface area contributed by atoms with E-state index in [0.29, 0.717) is 22.6 Å². The number of ether oxygens (including phenoxy) is 1. The van der Waals surface area contributed by atoms with Gasteiger partial charge >= 0.3 is 0 Å². The first-order valence-electron chi connectivity index (χ1n) is 9.53. The molecule has 2 amide bonds. The molecule has 1 aromatic heterocycles. The highest BCUT2D eigenvalue weighted by molar-refractivity contribution is 7.13. The molecule has 0 aliphatic rings. The Morgan fingerprint density at radius 3 is 2.39 bits per heavy atom. The van der Waals surface area contributed by atoms with Crippen LogP contribution in [0.15, 0.2) is 84.2 Å². The fourth-order valence-corrected chi connectivity index (χ4v) is 3.75. The number of carbonyl (C=O) groups is 2. The summed E-state index contributed by atoms with van der Waals surface area (Å²) in [7, 11) is 0. The quantitative estimate of drug-likeness (QED) is 0.444. The summed E-state index contributed by atoms with van der Waals surface area (Å²) in [5, 5.41) is 5.59. The van der Waals surface area contributed by atoms with Gasteiger partial charge in [-0.05, 0) is 36.4 Å². The van der Waals surface area contributed by atoms with E-state index in [1.165, 1.54) is 11.3 Å². The van der Waals surface area contributed by atoms with E-state index in [1.54, 1.807) is 30.3 Å². The molecule has 4 aromatic rings. The zero-order chi connectivity index (χ0) is 21.6. The normalized spacial score (nSPS) is 10.5. The standard InChI is InChI=1S/C24H19N3O3S/c25-22(28)16-10-12-17(13-11-16)24-27-19(15-31-24)14-30-21-9-5-4-8-20(21)23(29)26-18-6-2-1-3-7-18/h1-13,15H,14H2,(H2,25,28)(H,26,29). The molecule has 0 unspecified atom stereocenters. The van der Waals surface area contributed by atoms with Crippen molar-refractivity contribution in [2.24, 2.45) is 5.73 Å². The minimum atomic E-state index is -0.463. The predicted octanol–water partition coefficient (Wildman–Crippen LogP) is 4.74. The molecule has 154 valence electrons. The maximum absolute atomic E-state index is 12.7. The molecule has 0 aliphatic carbocycles. The molecule has 7 heteroatoms. The highest BCUT2D eigenvalue weighted by Gasteiger charge is 2.13. The molecule has 0 fully saturated rings. The van der Waals surface area contributed by atoms with Gasteiger partial charge in [-0.3, -0.25) is 9.59 Å². The van der Waals surface area contributed by atoms with Gasteiger partial charge < -0.3 is 15.8 Å². The van der Waals surface area contributed by atoms with E-state index in [-0.39, 0.29) is 12.5 Å². The van der Waals surface area contributed by atoms with Crippen LogP contribution < -0.4 is 15.8 Å². The minimum Gasteiger partial charge on any atom is -0.486 e. The average Bonchev–Trinajstić information content (AvgIpc) is 3.28. The Bertz CT molecular complexity index is 1200. The van der Waals surface area contributed by atoms with Crippen LogP contribution in [0.4, 0.5) is 5.69 Å². The number of primary amides is 1. The van der Waals surface area contributed by atoms with Gasteiger partial charge in [0.25, 0.3) is 5.91 Å². The van der Waals surface area contributed by atoms with Gasteiger partial charge in [0.1, 0.15) is 17.4 Å². The van der Waals surface area contributed by atoms with Gasteiger partial charge in [-0.15, -0.1) is 11.3 Å². The summed E-state index contributed by atoms with van der Waals surface area (Å²) in [4.78, 5) is 28.5. The number of anilines is 1. The molecule has 0 saturated heterocycles. The fourth-order valence-electron chi connectivity index (χ4n) is 2.93. The molecule has 6 nitrogen and oxygen atoms in total. The van der Waals surface area contributed by atoms with Gasteiger partial charge in [0, 0.05) is 22.2 Å². The van der Waals surface area contributed by atoms with Gasteiger partial charge in [0.05, 0.1) is 11.3 Å². The minimum absolute atomic E-state index is 0.228. The van der Waals surface area contributed by atoms with Gasteiger partial charge in [-0.25, -0.2) is 4.98 Å². The van der Waals surface area contributed by atoms with E-state index in [1.807, 2.05) is 53.9 Å². The van der Waals surface area contributed by atoms with Crippen molar-refractivity contribution in [1.82, 2.24) is 4.98 Å². The maximum atomic E-state index is 12.7. The summed E-state index contributed by atoms with van der Waals surface area (Å²) in [5.41, 5.74) is 8.54. The summed E-state index contributed by atoms with van der Waals surface area (Å²) in [6.45, 7) is 0.228. The van der Waals surface area contributed by atoms with Crippen LogP contribution in [0, 0.1) is 0 Å². The van der Waals surface area contributed by atoms with Crippen LogP contribution in [0.5, 0.6) is 5.75 Å². The lowest BCUT2D eigenvalue weighted by atomic mass is 10.1. The molecule has 1 heterocycles. The van der Waals surface area contributed by atoms with Gasteiger partial charge in [0.2, 0.25) is 5.91 Å². The number of nitrogens with one attached hydrogen (secondary N) is 1. The Labute approximate surface area is 183 Å². The van der Waals surface area contributed by atoms with Gasteiger partial charge in [-0.2, -0.15) is 0 Å². The number of amides is 2. The van der Waals surface area contributed by atoms with E-state index in [0.717, 1.165) is 16.3 Å². The number of para-hydroxylation sites is 2. The molecule has 3 N–H and O–H groups in total. The molecular weight excluding hydrogens is 410 g/mol. The molecule has 3 aromatic carbocycles. The zero-order valence-electron chi connectivity index (χ0n) is 16.4. The third-order valence-electron chi connectivity index (χ3n) is 4.51. The van der Waals surface area contributed by atoms with Crippen molar-refractivity contribution in [2.45, 2.75) is 6.61 Å². The van der Waals surface area contributed by atoms with Crippen molar-refractivity contribution < 1.29 is 14.3 Å². The topological polar surface area (TPSA) is 94.3 Å². The van der Waals surface area contributed by atoms with Crippen molar-refractivity contribution in [1.29, 1.82) is 0 Å². The lowest BCUT2D eigenvalue weighted by Gasteiger charge is -2.11. The van der Waals surface area contributed by atoms with Crippen molar-refractivity contribution in [3.05, 3.63) is 101 Å². The third kappa shape index (κ3) is 4.96. The van der Waals surface area contributed by atoms with E-state index in [2.05, 4.69) is 10.3 Å². The summed E-state index contributed by atoms with van der Waals surface area (Å²) in [6, 6.07) is 23.3. The van der Waals surface area contributed by atoms with Crippen molar-refractivity contribution in [3.63, 3.8) is 0 Å². The first-order valence-corrected chi connectivity index (χ1v) is 10.4. The predicted molar refractivity (Wildman–Crippen MR) is 121 cm³/mol. The Morgan fingerprint density at radius 1 is 0.935 bits per heavy atom. The SMILES string of the molecule is NC(=O)c1ccc(-c2nc(COc3ccccc3C(=O)Nc3ccccc3)cs2)cc1. The number of hydrogen-bond donors (Lipinski definition) is 2. The summed E-state index contributed by atoms with van der Waals surface area (Å²) >= 11 is 1.48. The number of aromatic nitrogens is 1. The highest BCUT2D eigenvalue weighted by atomic mass is 32.1. The van der Waals surface area contributed by atoms with Crippen LogP contribution in [0.25, 0.3) is 10.6 Å². The zero-order valence-corrected chi connectivity index (χ0v) is 17.3. The van der Waals surface area contributed by atoms with E-state index in [4.69, 9.17) is 10.5 Å². The lowest BCUT2D eigenvalue weighted by molar-refractivity contribution is 0.0997. The molecule has 0 aliphatic heterocycles. The average molecular weight is 430 g/mol. The maximum Gasteiger partial charge on any atom is 0.259 e. The van der Waals surface area contributed by atoms with E-state index in [9.17, 15) is 9.59 Å². The monoisotopic (exact) mass is 429 g/mol. The fraction of sp³-hybridized carbons (Fsp3) is 0.0417. The molecule has 0 radical (unpaired) electrons.